The molecule has 0 aromatic heterocycles. The summed E-state index contributed by atoms with van der Waals surface area (Å²) in [6, 6.07) is 12.1. The zero-order valence-electron chi connectivity index (χ0n) is 11.6. The third kappa shape index (κ3) is 4.99. The molecule has 1 N–H and O–H groups in total. The van der Waals surface area contributed by atoms with Crippen molar-refractivity contribution in [3.05, 3.63) is 61.5 Å². The molecule has 0 aliphatic rings. The van der Waals surface area contributed by atoms with Crippen LogP contribution in [0, 0.1) is 0 Å². The summed E-state index contributed by atoms with van der Waals surface area (Å²) in [6.07, 6.45) is 0.982. The molecule has 112 valence electrons. The molecule has 5 heteroatoms. The molecule has 0 fully saturated rings. The molecule has 21 heavy (non-hydrogen) atoms. The highest BCUT2D eigenvalue weighted by molar-refractivity contribution is 9.11. The SMILES string of the molecule is COc1c(Br)cc(CNCCc2ccc(Cl)cc2)cc1Br. The van der Waals surface area contributed by atoms with E-state index < -0.39 is 0 Å². The highest BCUT2D eigenvalue weighted by atomic mass is 79.9. The first-order chi connectivity index (χ1) is 10.1. The molecule has 0 saturated carbocycles. The largest absolute Gasteiger partial charge is 0.494 e. The fourth-order valence-corrected chi connectivity index (χ4v) is 3.76. The van der Waals surface area contributed by atoms with E-state index in [1.807, 2.05) is 12.1 Å². The van der Waals surface area contributed by atoms with Gasteiger partial charge in [-0.2, -0.15) is 0 Å². The first kappa shape index (κ1) is 16.8. The van der Waals surface area contributed by atoms with E-state index in [4.69, 9.17) is 16.3 Å². The molecule has 2 nitrogen and oxygen atoms in total. The molecule has 0 radical (unpaired) electrons. The lowest BCUT2D eigenvalue weighted by atomic mass is 10.1. The zero-order valence-corrected chi connectivity index (χ0v) is 15.6. The summed E-state index contributed by atoms with van der Waals surface area (Å²) in [7, 11) is 1.66. The van der Waals surface area contributed by atoms with Gasteiger partial charge in [-0.25, -0.2) is 0 Å². The van der Waals surface area contributed by atoms with Crippen LogP contribution in [-0.4, -0.2) is 13.7 Å². The number of rotatable bonds is 6. The monoisotopic (exact) mass is 431 g/mol. The summed E-state index contributed by atoms with van der Waals surface area (Å²) in [6.45, 7) is 1.73. The lowest BCUT2D eigenvalue weighted by Gasteiger charge is -2.10. The number of methoxy groups -OCH3 is 1. The van der Waals surface area contributed by atoms with Crippen molar-refractivity contribution in [3.63, 3.8) is 0 Å². The van der Waals surface area contributed by atoms with Crippen LogP contribution in [0.4, 0.5) is 0 Å². The smallest absolute Gasteiger partial charge is 0.147 e. The lowest BCUT2D eigenvalue weighted by Crippen LogP contribution is -2.16. The standard InChI is InChI=1S/C16H16Br2ClNO/c1-21-16-14(17)8-12(9-15(16)18)10-20-7-6-11-2-4-13(19)5-3-11/h2-5,8-9,20H,6-7,10H2,1H3. The van der Waals surface area contributed by atoms with Gasteiger partial charge in [0.05, 0.1) is 16.1 Å². The second kappa shape index (κ2) is 8.18. The minimum absolute atomic E-state index is 0.777. The summed E-state index contributed by atoms with van der Waals surface area (Å²) < 4.78 is 7.20. The van der Waals surface area contributed by atoms with Crippen molar-refractivity contribution < 1.29 is 4.74 Å². The second-order valence-corrected chi connectivity index (χ2v) is 6.79. The molecule has 0 amide bonds. The van der Waals surface area contributed by atoms with Gasteiger partial charge in [-0.15, -0.1) is 0 Å². The second-order valence-electron chi connectivity index (χ2n) is 4.65. The van der Waals surface area contributed by atoms with E-state index in [0.29, 0.717) is 0 Å². The van der Waals surface area contributed by atoms with Gasteiger partial charge in [0, 0.05) is 11.6 Å². The van der Waals surface area contributed by atoms with Crippen LogP contribution in [0.5, 0.6) is 5.75 Å². The zero-order chi connectivity index (χ0) is 15.2. The van der Waals surface area contributed by atoms with E-state index in [2.05, 4.69) is 61.4 Å². The highest BCUT2D eigenvalue weighted by Gasteiger charge is 2.07. The molecule has 0 atom stereocenters. The van der Waals surface area contributed by atoms with E-state index in [1.165, 1.54) is 11.1 Å². The summed E-state index contributed by atoms with van der Waals surface area (Å²) in [5.74, 6) is 0.819. The third-order valence-corrected chi connectivity index (χ3v) is 4.53. The highest BCUT2D eigenvalue weighted by Crippen LogP contribution is 2.34. The van der Waals surface area contributed by atoms with Gasteiger partial charge in [0.1, 0.15) is 5.75 Å². The number of ether oxygens (including phenoxy) is 1. The molecule has 2 aromatic carbocycles. The number of nitrogens with one attached hydrogen (secondary N) is 1. The van der Waals surface area contributed by atoms with E-state index in [-0.39, 0.29) is 0 Å². The van der Waals surface area contributed by atoms with Crippen molar-refractivity contribution in [1.82, 2.24) is 5.32 Å². The van der Waals surface area contributed by atoms with Gasteiger partial charge in [-0.1, -0.05) is 23.7 Å². The fourth-order valence-electron chi connectivity index (χ4n) is 2.03. The third-order valence-electron chi connectivity index (χ3n) is 3.10. The van der Waals surface area contributed by atoms with Crippen molar-refractivity contribution >= 4 is 43.5 Å². The summed E-state index contributed by atoms with van der Waals surface area (Å²) in [5, 5.41) is 4.22. The Morgan fingerprint density at radius 2 is 1.67 bits per heavy atom. The molecule has 0 unspecified atom stereocenters. The molecule has 0 bridgehead atoms. The van der Waals surface area contributed by atoms with Gasteiger partial charge in [-0.05, 0) is 80.2 Å². The maximum atomic E-state index is 5.87. The Labute approximate surface area is 147 Å². The Balaban J connectivity index is 1.85. The summed E-state index contributed by atoms with van der Waals surface area (Å²) in [5.41, 5.74) is 2.48. The average Bonchev–Trinajstić information content (AvgIpc) is 2.45. The maximum Gasteiger partial charge on any atom is 0.147 e. The predicted octanol–water partition coefficient (Wildman–Crippen LogP) is 5.21. The summed E-state index contributed by atoms with van der Waals surface area (Å²) in [4.78, 5) is 0. The Morgan fingerprint density at radius 3 is 2.24 bits per heavy atom. The van der Waals surface area contributed by atoms with Crippen LogP contribution in [-0.2, 0) is 13.0 Å². The number of halogens is 3. The lowest BCUT2D eigenvalue weighted by molar-refractivity contribution is 0.409. The van der Waals surface area contributed by atoms with E-state index in [0.717, 1.165) is 39.2 Å². The van der Waals surface area contributed by atoms with Gasteiger partial charge in [0.15, 0.2) is 0 Å². The van der Waals surface area contributed by atoms with Gasteiger partial charge in [0.25, 0.3) is 0 Å². The van der Waals surface area contributed by atoms with Crippen LogP contribution in [0.3, 0.4) is 0 Å². The van der Waals surface area contributed by atoms with Crippen LogP contribution in [0.2, 0.25) is 5.02 Å². The summed E-state index contributed by atoms with van der Waals surface area (Å²) >= 11 is 12.9. The van der Waals surface area contributed by atoms with E-state index in [9.17, 15) is 0 Å². The van der Waals surface area contributed by atoms with Gasteiger partial charge >= 0.3 is 0 Å². The Bertz CT molecular complexity index is 579. The number of hydrogen-bond acceptors (Lipinski definition) is 2. The normalized spacial score (nSPS) is 10.7. The fraction of sp³-hybridized carbons (Fsp3) is 0.250. The molecule has 0 aliphatic carbocycles. The quantitative estimate of drug-likeness (QED) is 0.632. The van der Waals surface area contributed by atoms with Crippen molar-refractivity contribution in [3.8, 4) is 5.75 Å². The molecule has 2 rings (SSSR count). The molecule has 2 aromatic rings. The van der Waals surface area contributed by atoms with Crippen LogP contribution < -0.4 is 10.1 Å². The van der Waals surface area contributed by atoms with Crippen LogP contribution in [0.25, 0.3) is 0 Å². The van der Waals surface area contributed by atoms with Gasteiger partial charge in [0.2, 0.25) is 0 Å². The van der Waals surface area contributed by atoms with Crippen molar-refractivity contribution in [1.29, 1.82) is 0 Å². The Kier molecular flexibility index (Phi) is 6.55. The van der Waals surface area contributed by atoms with Crippen molar-refractivity contribution in [2.24, 2.45) is 0 Å². The number of benzene rings is 2. The molecular weight excluding hydrogens is 417 g/mol. The minimum Gasteiger partial charge on any atom is -0.494 e. The molecule has 0 spiro atoms. The van der Waals surface area contributed by atoms with Crippen molar-refractivity contribution in [2.45, 2.75) is 13.0 Å². The number of hydrogen-bond donors (Lipinski definition) is 1. The maximum absolute atomic E-state index is 5.87. The Hall–Kier alpha value is -0.550. The van der Waals surface area contributed by atoms with Crippen molar-refractivity contribution in [2.75, 3.05) is 13.7 Å². The molecular formula is C16H16Br2ClNO. The van der Waals surface area contributed by atoms with Crippen LogP contribution in [0.15, 0.2) is 45.3 Å². The molecule has 0 aliphatic heterocycles. The topological polar surface area (TPSA) is 21.3 Å². The van der Waals surface area contributed by atoms with E-state index in [1.54, 1.807) is 7.11 Å². The average molecular weight is 434 g/mol. The first-order valence-electron chi connectivity index (χ1n) is 6.57. The molecule has 0 saturated heterocycles. The van der Waals surface area contributed by atoms with Crippen LogP contribution in [0.1, 0.15) is 11.1 Å². The minimum atomic E-state index is 0.777. The van der Waals surface area contributed by atoms with E-state index >= 15 is 0 Å². The van der Waals surface area contributed by atoms with Crippen LogP contribution >= 0.6 is 43.5 Å². The molecule has 0 heterocycles. The first-order valence-corrected chi connectivity index (χ1v) is 8.53. The van der Waals surface area contributed by atoms with Gasteiger partial charge < -0.3 is 10.1 Å². The predicted molar refractivity (Wildman–Crippen MR) is 95.3 cm³/mol. The Morgan fingerprint density at radius 1 is 1.05 bits per heavy atom. The van der Waals surface area contributed by atoms with Gasteiger partial charge in [-0.3, -0.25) is 0 Å².